The highest BCUT2D eigenvalue weighted by Gasteiger charge is 2.08. The van der Waals surface area contributed by atoms with Crippen LogP contribution >= 0.6 is 0 Å². The summed E-state index contributed by atoms with van der Waals surface area (Å²) in [6, 6.07) is 14.1. The molecule has 0 aliphatic carbocycles. The number of amides is 1. The molecule has 5 heteroatoms. The van der Waals surface area contributed by atoms with E-state index in [2.05, 4.69) is 5.32 Å². The van der Waals surface area contributed by atoms with E-state index >= 15 is 0 Å². The van der Waals surface area contributed by atoms with Crippen molar-refractivity contribution in [3.8, 4) is 5.75 Å². The standard InChI is InChI=1S/C20H23NO4/c1-3-4-12-24-20(23)16-8-10-17(11-9-16)21-19(22)14-25-18-7-5-6-15(2)13-18/h5-11,13H,3-4,12,14H2,1-2H3,(H,21,22). The third-order valence-corrected chi connectivity index (χ3v) is 3.49. The molecule has 2 rings (SSSR count). The van der Waals surface area contributed by atoms with Crippen molar-refractivity contribution in [1.29, 1.82) is 0 Å². The summed E-state index contributed by atoms with van der Waals surface area (Å²) in [7, 11) is 0. The molecule has 132 valence electrons. The van der Waals surface area contributed by atoms with E-state index in [9.17, 15) is 9.59 Å². The number of rotatable bonds is 8. The number of aryl methyl sites for hydroxylation is 1. The molecule has 0 bridgehead atoms. The Labute approximate surface area is 148 Å². The summed E-state index contributed by atoms with van der Waals surface area (Å²) in [5, 5.41) is 2.73. The first kappa shape index (κ1) is 18.5. The van der Waals surface area contributed by atoms with Crippen molar-refractivity contribution in [2.75, 3.05) is 18.5 Å². The number of unbranched alkanes of at least 4 members (excludes halogenated alkanes) is 1. The molecule has 0 atom stereocenters. The number of carbonyl (C=O) groups is 2. The molecule has 0 saturated carbocycles. The number of anilines is 1. The molecule has 0 fully saturated rings. The van der Waals surface area contributed by atoms with Gasteiger partial charge < -0.3 is 14.8 Å². The Kier molecular flexibility index (Phi) is 7.01. The van der Waals surface area contributed by atoms with Gasteiger partial charge in [0, 0.05) is 5.69 Å². The van der Waals surface area contributed by atoms with Crippen molar-refractivity contribution in [2.45, 2.75) is 26.7 Å². The lowest BCUT2D eigenvalue weighted by Crippen LogP contribution is -2.20. The fourth-order valence-corrected chi connectivity index (χ4v) is 2.13. The lowest BCUT2D eigenvalue weighted by molar-refractivity contribution is -0.118. The summed E-state index contributed by atoms with van der Waals surface area (Å²) in [5.74, 6) is 0.0363. The van der Waals surface area contributed by atoms with Gasteiger partial charge in [-0.1, -0.05) is 25.5 Å². The monoisotopic (exact) mass is 341 g/mol. The van der Waals surface area contributed by atoms with Crippen molar-refractivity contribution in [3.63, 3.8) is 0 Å². The van der Waals surface area contributed by atoms with Crippen molar-refractivity contribution in [2.24, 2.45) is 0 Å². The largest absolute Gasteiger partial charge is 0.484 e. The molecule has 0 saturated heterocycles. The van der Waals surface area contributed by atoms with E-state index < -0.39 is 0 Å². The van der Waals surface area contributed by atoms with Gasteiger partial charge in [-0.3, -0.25) is 4.79 Å². The Bertz CT molecular complexity index is 710. The summed E-state index contributed by atoms with van der Waals surface area (Å²) in [5.41, 5.74) is 2.13. The normalized spacial score (nSPS) is 10.2. The smallest absolute Gasteiger partial charge is 0.338 e. The number of ether oxygens (including phenoxy) is 2. The molecule has 0 radical (unpaired) electrons. The van der Waals surface area contributed by atoms with Gasteiger partial charge in [0.2, 0.25) is 0 Å². The Morgan fingerprint density at radius 3 is 2.52 bits per heavy atom. The van der Waals surface area contributed by atoms with Crippen LogP contribution in [0.25, 0.3) is 0 Å². The summed E-state index contributed by atoms with van der Waals surface area (Å²) in [4.78, 5) is 23.7. The highest BCUT2D eigenvalue weighted by atomic mass is 16.5. The number of nitrogens with one attached hydrogen (secondary N) is 1. The van der Waals surface area contributed by atoms with E-state index in [1.807, 2.05) is 32.0 Å². The van der Waals surface area contributed by atoms with Crippen LogP contribution < -0.4 is 10.1 Å². The van der Waals surface area contributed by atoms with Gasteiger partial charge in [0.1, 0.15) is 5.75 Å². The summed E-state index contributed by atoms with van der Waals surface area (Å²) in [6.45, 7) is 4.34. The first-order valence-electron chi connectivity index (χ1n) is 8.35. The van der Waals surface area contributed by atoms with Crippen molar-refractivity contribution in [3.05, 3.63) is 59.7 Å². The second kappa shape index (κ2) is 9.47. The Hall–Kier alpha value is -2.82. The molecule has 1 N–H and O–H groups in total. The van der Waals surface area contributed by atoms with Gasteiger partial charge in [0.05, 0.1) is 12.2 Å². The van der Waals surface area contributed by atoms with E-state index in [0.29, 0.717) is 23.6 Å². The summed E-state index contributed by atoms with van der Waals surface area (Å²) in [6.07, 6.45) is 1.82. The SMILES string of the molecule is CCCCOC(=O)c1ccc(NC(=O)COc2cccc(C)c2)cc1. The number of benzene rings is 2. The van der Waals surface area contributed by atoms with Crippen molar-refractivity contribution >= 4 is 17.6 Å². The van der Waals surface area contributed by atoms with Crippen molar-refractivity contribution < 1.29 is 19.1 Å². The average Bonchev–Trinajstić information content (AvgIpc) is 2.61. The lowest BCUT2D eigenvalue weighted by Gasteiger charge is -2.09. The number of hydrogen-bond donors (Lipinski definition) is 1. The quantitative estimate of drug-likeness (QED) is 0.583. The highest BCUT2D eigenvalue weighted by molar-refractivity contribution is 5.93. The van der Waals surface area contributed by atoms with Gasteiger partial charge >= 0.3 is 5.97 Å². The topological polar surface area (TPSA) is 64.6 Å². The van der Waals surface area contributed by atoms with Crippen molar-refractivity contribution in [1.82, 2.24) is 0 Å². The Balaban J connectivity index is 1.81. The molecular formula is C20H23NO4. The molecule has 0 unspecified atom stereocenters. The molecule has 2 aromatic rings. The molecule has 25 heavy (non-hydrogen) atoms. The minimum Gasteiger partial charge on any atom is -0.484 e. The molecule has 0 aromatic heterocycles. The van der Waals surface area contributed by atoms with Crippen LogP contribution in [0.1, 0.15) is 35.7 Å². The highest BCUT2D eigenvalue weighted by Crippen LogP contribution is 2.13. The van der Waals surface area contributed by atoms with Gasteiger partial charge in [0.15, 0.2) is 6.61 Å². The van der Waals surface area contributed by atoms with Crippen LogP contribution in [-0.2, 0) is 9.53 Å². The van der Waals surface area contributed by atoms with Crippen LogP contribution in [0.2, 0.25) is 0 Å². The van der Waals surface area contributed by atoms with Gasteiger partial charge in [-0.15, -0.1) is 0 Å². The minimum absolute atomic E-state index is 0.0791. The van der Waals surface area contributed by atoms with Crippen LogP contribution in [0.5, 0.6) is 5.75 Å². The molecule has 2 aromatic carbocycles. The minimum atomic E-state index is -0.353. The van der Waals surface area contributed by atoms with Crippen LogP contribution in [0.4, 0.5) is 5.69 Å². The van der Waals surface area contributed by atoms with Crippen LogP contribution in [-0.4, -0.2) is 25.1 Å². The molecular weight excluding hydrogens is 318 g/mol. The van der Waals surface area contributed by atoms with E-state index in [-0.39, 0.29) is 18.5 Å². The second-order valence-corrected chi connectivity index (χ2v) is 5.72. The van der Waals surface area contributed by atoms with Gasteiger partial charge in [-0.2, -0.15) is 0 Å². The first-order chi connectivity index (χ1) is 12.1. The maximum Gasteiger partial charge on any atom is 0.338 e. The van der Waals surface area contributed by atoms with E-state index in [4.69, 9.17) is 9.47 Å². The van der Waals surface area contributed by atoms with Crippen LogP contribution in [0.15, 0.2) is 48.5 Å². The zero-order chi connectivity index (χ0) is 18.1. The fourth-order valence-electron chi connectivity index (χ4n) is 2.13. The van der Waals surface area contributed by atoms with Crippen LogP contribution in [0, 0.1) is 6.92 Å². The molecule has 5 nitrogen and oxygen atoms in total. The third-order valence-electron chi connectivity index (χ3n) is 3.49. The van der Waals surface area contributed by atoms with Gasteiger partial charge in [-0.25, -0.2) is 4.79 Å². The summed E-state index contributed by atoms with van der Waals surface area (Å²) < 4.78 is 10.6. The summed E-state index contributed by atoms with van der Waals surface area (Å²) >= 11 is 0. The third kappa shape index (κ3) is 6.30. The molecule has 0 spiro atoms. The fraction of sp³-hybridized carbons (Fsp3) is 0.300. The predicted molar refractivity (Wildman–Crippen MR) is 96.9 cm³/mol. The number of carbonyl (C=O) groups excluding carboxylic acids is 2. The predicted octanol–water partition coefficient (Wildman–Crippen LogP) is 3.97. The Morgan fingerprint density at radius 2 is 1.84 bits per heavy atom. The van der Waals surface area contributed by atoms with E-state index in [1.165, 1.54) is 0 Å². The maximum absolute atomic E-state index is 11.9. The van der Waals surface area contributed by atoms with E-state index in [0.717, 1.165) is 18.4 Å². The average molecular weight is 341 g/mol. The zero-order valence-electron chi connectivity index (χ0n) is 14.6. The molecule has 0 aliphatic heterocycles. The van der Waals surface area contributed by atoms with Crippen LogP contribution in [0.3, 0.4) is 0 Å². The number of hydrogen-bond acceptors (Lipinski definition) is 4. The molecule has 1 amide bonds. The van der Waals surface area contributed by atoms with Gasteiger partial charge in [0.25, 0.3) is 5.91 Å². The first-order valence-corrected chi connectivity index (χ1v) is 8.35. The Morgan fingerprint density at radius 1 is 1.08 bits per heavy atom. The second-order valence-electron chi connectivity index (χ2n) is 5.72. The number of esters is 1. The lowest BCUT2D eigenvalue weighted by atomic mass is 10.2. The van der Waals surface area contributed by atoms with E-state index in [1.54, 1.807) is 30.3 Å². The molecule has 0 aliphatic rings. The molecule has 0 heterocycles. The van der Waals surface area contributed by atoms with Gasteiger partial charge in [-0.05, 0) is 55.3 Å². The maximum atomic E-state index is 11.9. The zero-order valence-corrected chi connectivity index (χ0v) is 14.6.